The topological polar surface area (TPSA) is 74.3 Å². The Morgan fingerprint density at radius 2 is 2.04 bits per heavy atom. The van der Waals surface area contributed by atoms with Gasteiger partial charge in [-0.25, -0.2) is 12.4 Å². The minimum atomic E-state index is -3.81. The van der Waals surface area contributed by atoms with E-state index in [2.05, 4.69) is 15.9 Å². The number of nitrogens with zero attached hydrogens (tertiary/aromatic N) is 1. The highest BCUT2D eigenvalue weighted by molar-refractivity contribution is 9.11. The van der Waals surface area contributed by atoms with Gasteiger partial charge in [-0.15, -0.1) is 12.4 Å². The molecule has 1 aromatic carbocycles. The lowest BCUT2D eigenvalue weighted by Gasteiger charge is -2.33. The molecule has 2 aromatic rings. The van der Waals surface area contributed by atoms with Gasteiger partial charge in [-0.2, -0.15) is 0 Å². The summed E-state index contributed by atoms with van der Waals surface area (Å²) in [5.74, 6) is 0.394. The van der Waals surface area contributed by atoms with E-state index >= 15 is 0 Å². The summed E-state index contributed by atoms with van der Waals surface area (Å²) >= 11 is 3.40. The maximum absolute atomic E-state index is 13.6. The third kappa shape index (κ3) is 2.93. The number of allylic oxidation sites excluding steroid dienone is 3. The Kier molecular flexibility index (Phi) is 5.73. The third-order valence-corrected chi connectivity index (χ3v) is 7.46. The summed E-state index contributed by atoms with van der Waals surface area (Å²) in [6, 6.07) is 9.19. The van der Waals surface area contributed by atoms with Crippen LogP contribution in [0.15, 0.2) is 52.7 Å². The van der Waals surface area contributed by atoms with Crippen molar-refractivity contribution in [3.05, 3.63) is 58.4 Å². The van der Waals surface area contributed by atoms with E-state index in [0.29, 0.717) is 27.9 Å². The number of fused-ring (bicyclic) bond motifs is 1. The van der Waals surface area contributed by atoms with Crippen LogP contribution < -0.4 is 5.73 Å². The van der Waals surface area contributed by atoms with E-state index in [1.54, 1.807) is 13.0 Å². The summed E-state index contributed by atoms with van der Waals surface area (Å²) in [5.41, 5.74) is 7.01. The number of hydrogen-bond acceptors (Lipinski definition) is 4. The lowest BCUT2D eigenvalue weighted by Crippen LogP contribution is -2.43. The van der Waals surface area contributed by atoms with Crippen molar-refractivity contribution in [1.82, 2.24) is 3.97 Å². The van der Waals surface area contributed by atoms with Gasteiger partial charge < -0.3 is 10.5 Å². The first-order valence-corrected chi connectivity index (χ1v) is 9.75. The van der Waals surface area contributed by atoms with E-state index in [9.17, 15) is 8.42 Å². The zero-order chi connectivity index (χ0) is 17.5. The Labute approximate surface area is 162 Å². The molecule has 1 heterocycles. The van der Waals surface area contributed by atoms with Crippen molar-refractivity contribution in [2.45, 2.75) is 24.6 Å². The summed E-state index contributed by atoms with van der Waals surface area (Å²) in [4.78, 5) is 0. The first-order chi connectivity index (χ1) is 11.4. The zero-order valence-corrected chi connectivity index (χ0v) is 17.1. The van der Waals surface area contributed by atoms with E-state index < -0.39 is 14.8 Å². The standard InChI is InChI=1S/C17H19BrN2O3S.ClH/c1-17(9-5-7-14(18)16(17)23-2)24(21,22)20-13(11-19)10-12-6-3-4-8-15(12)20;/h3-8,10H,9,11,19H2,1-2H3;1H. The van der Waals surface area contributed by atoms with Crippen molar-refractivity contribution in [1.29, 1.82) is 0 Å². The van der Waals surface area contributed by atoms with Crippen LogP contribution in [0.5, 0.6) is 0 Å². The summed E-state index contributed by atoms with van der Waals surface area (Å²) < 4.78 is 33.5. The number of rotatable bonds is 4. The molecule has 2 N–H and O–H groups in total. The summed E-state index contributed by atoms with van der Waals surface area (Å²) in [6.45, 7) is 1.81. The van der Waals surface area contributed by atoms with Gasteiger partial charge in [0.1, 0.15) is 5.76 Å². The van der Waals surface area contributed by atoms with Crippen LogP contribution in [0, 0.1) is 0 Å². The van der Waals surface area contributed by atoms with Crippen LogP contribution in [0.2, 0.25) is 0 Å². The van der Waals surface area contributed by atoms with Crippen LogP contribution in [0.3, 0.4) is 0 Å². The smallest absolute Gasteiger partial charge is 0.252 e. The molecule has 0 saturated heterocycles. The lowest BCUT2D eigenvalue weighted by molar-refractivity contribution is 0.251. The average molecular weight is 448 g/mol. The highest BCUT2D eigenvalue weighted by Gasteiger charge is 2.47. The Morgan fingerprint density at radius 1 is 1.36 bits per heavy atom. The molecule has 8 heteroatoms. The highest BCUT2D eigenvalue weighted by atomic mass is 79.9. The maximum atomic E-state index is 13.6. The second kappa shape index (κ2) is 7.15. The van der Waals surface area contributed by atoms with Crippen LogP contribution in [0.25, 0.3) is 10.9 Å². The van der Waals surface area contributed by atoms with Crippen molar-refractivity contribution >= 4 is 49.3 Å². The molecule has 1 atom stereocenters. The number of methoxy groups -OCH3 is 1. The fourth-order valence-electron chi connectivity index (χ4n) is 3.16. The number of hydrogen-bond donors (Lipinski definition) is 1. The van der Waals surface area contributed by atoms with Gasteiger partial charge in [0.2, 0.25) is 0 Å². The van der Waals surface area contributed by atoms with Gasteiger partial charge in [0, 0.05) is 17.6 Å². The van der Waals surface area contributed by atoms with E-state index in [1.807, 2.05) is 36.4 Å². The third-order valence-electron chi connectivity index (χ3n) is 4.43. The van der Waals surface area contributed by atoms with Crippen LogP contribution in [-0.2, 0) is 21.3 Å². The normalized spacial score (nSPS) is 20.6. The molecule has 0 aliphatic heterocycles. The fourth-order valence-corrected chi connectivity index (χ4v) is 6.07. The highest BCUT2D eigenvalue weighted by Crippen LogP contribution is 2.41. The number of para-hydroxylation sites is 1. The quantitative estimate of drug-likeness (QED) is 0.776. The lowest BCUT2D eigenvalue weighted by atomic mass is 10.00. The molecule has 0 bridgehead atoms. The van der Waals surface area contributed by atoms with E-state index in [0.717, 1.165) is 5.39 Å². The molecule has 0 radical (unpaired) electrons. The monoisotopic (exact) mass is 446 g/mol. The predicted molar refractivity (Wildman–Crippen MR) is 107 cm³/mol. The molecule has 3 rings (SSSR count). The van der Waals surface area contributed by atoms with E-state index in [-0.39, 0.29) is 19.0 Å². The summed E-state index contributed by atoms with van der Waals surface area (Å²) in [6.07, 6.45) is 3.97. The number of nitrogens with two attached hydrogens (primary N) is 1. The zero-order valence-electron chi connectivity index (χ0n) is 13.9. The van der Waals surface area contributed by atoms with Gasteiger partial charge in [-0.3, -0.25) is 0 Å². The number of halogens is 2. The van der Waals surface area contributed by atoms with Crippen LogP contribution in [-0.4, -0.2) is 24.2 Å². The molecule has 0 saturated carbocycles. The molecular formula is C17H20BrClN2O3S. The average Bonchev–Trinajstić information content (AvgIpc) is 2.94. The molecule has 1 aliphatic rings. The Bertz CT molecular complexity index is 965. The summed E-state index contributed by atoms with van der Waals surface area (Å²) in [7, 11) is -2.32. The number of ether oxygens (including phenoxy) is 1. The SMILES string of the molecule is COC1=C(Br)C=CCC1(C)S(=O)(=O)n1c(CN)cc2ccccc21.Cl. The summed E-state index contributed by atoms with van der Waals surface area (Å²) in [5, 5.41) is 0.846. The van der Waals surface area contributed by atoms with E-state index in [1.165, 1.54) is 11.1 Å². The van der Waals surface area contributed by atoms with Crippen molar-refractivity contribution in [3.8, 4) is 0 Å². The predicted octanol–water partition coefficient (Wildman–Crippen LogP) is 3.67. The maximum Gasteiger partial charge on any atom is 0.252 e. The largest absolute Gasteiger partial charge is 0.498 e. The molecule has 0 fully saturated rings. The first kappa shape index (κ1) is 20.0. The Balaban J connectivity index is 0.00000225. The molecule has 5 nitrogen and oxygen atoms in total. The van der Waals surface area contributed by atoms with Gasteiger partial charge in [0.25, 0.3) is 10.0 Å². The van der Waals surface area contributed by atoms with Crippen LogP contribution in [0.4, 0.5) is 0 Å². The van der Waals surface area contributed by atoms with Gasteiger partial charge in [-0.05, 0) is 47.5 Å². The van der Waals surface area contributed by atoms with Crippen molar-refractivity contribution in [3.63, 3.8) is 0 Å². The van der Waals surface area contributed by atoms with Crippen molar-refractivity contribution in [2.24, 2.45) is 5.73 Å². The van der Waals surface area contributed by atoms with Crippen LogP contribution >= 0.6 is 28.3 Å². The Morgan fingerprint density at radius 3 is 2.68 bits per heavy atom. The number of aromatic nitrogens is 1. The molecule has 0 spiro atoms. The first-order valence-electron chi connectivity index (χ1n) is 7.52. The van der Waals surface area contributed by atoms with Crippen molar-refractivity contribution in [2.75, 3.05) is 7.11 Å². The minimum Gasteiger partial charge on any atom is -0.498 e. The van der Waals surface area contributed by atoms with Crippen molar-refractivity contribution < 1.29 is 13.2 Å². The van der Waals surface area contributed by atoms with Gasteiger partial charge in [-0.1, -0.05) is 24.3 Å². The minimum absolute atomic E-state index is 0. The molecule has 1 aliphatic carbocycles. The molecule has 136 valence electrons. The molecule has 1 unspecified atom stereocenters. The molecule has 1 aromatic heterocycles. The molecular weight excluding hydrogens is 428 g/mol. The Hall–Kier alpha value is -1.28. The van der Waals surface area contributed by atoms with E-state index in [4.69, 9.17) is 10.5 Å². The van der Waals surface area contributed by atoms with Gasteiger partial charge in [0.15, 0.2) is 4.75 Å². The number of benzene rings is 1. The molecule has 0 amide bonds. The van der Waals surface area contributed by atoms with Gasteiger partial charge >= 0.3 is 0 Å². The fraction of sp³-hybridized carbons (Fsp3) is 0.294. The second-order valence-corrected chi connectivity index (χ2v) is 8.96. The molecule has 25 heavy (non-hydrogen) atoms. The second-order valence-electron chi connectivity index (χ2n) is 5.89. The van der Waals surface area contributed by atoms with Crippen LogP contribution in [0.1, 0.15) is 19.0 Å². The van der Waals surface area contributed by atoms with Gasteiger partial charge in [0.05, 0.1) is 17.1 Å².